The highest BCUT2D eigenvalue weighted by Crippen LogP contribution is 2.12. The van der Waals surface area contributed by atoms with Crippen LogP contribution in [0.3, 0.4) is 0 Å². The first-order valence-electron chi connectivity index (χ1n) is 4.76. The first kappa shape index (κ1) is 14.2. The van der Waals surface area contributed by atoms with Gasteiger partial charge in [0.15, 0.2) is 0 Å². The van der Waals surface area contributed by atoms with E-state index in [0.29, 0.717) is 12.3 Å². The number of alkyl halides is 1. The zero-order valence-corrected chi connectivity index (χ0v) is 10.9. The van der Waals surface area contributed by atoms with Crippen molar-refractivity contribution in [1.29, 1.82) is 0 Å². The zero-order chi connectivity index (χ0) is 11.4. The quantitative estimate of drug-likeness (QED) is 0.723. The Kier molecular flexibility index (Phi) is 5.41. The second-order valence-corrected chi connectivity index (χ2v) is 6.75. The Morgan fingerprint density at radius 1 is 1.36 bits per heavy atom. The molecule has 0 spiro atoms. The maximum atomic E-state index is 11.6. The lowest BCUT2D eigenvalue weighted by Gasteiger charge is -2.25. The minimum Gasteiger partial charge on any atom is -0.212 e. The van der Waals surface area contributed by atoms with Crippen molar-refractivity contribution in [3.63, 3.8) is 0 Å². The van der Waals surface area contributed by atoms with Gasteiger partial charge in [-0.1, -0.05) is 13.8 Å². The molecular formula is C9H20ClNO2S. The molecule has 3 nitrogen and oxygen atoms in total. The smallest absolute Gasteiger partial charge is 0.212 e. The molecule has 0 bridgehead atoms. The van der Waals surface area contributed by atoms with Crippen LogP contribution in [0.25, 0.3) is 0 Å². The lowest BCUT2D eigenvalue weighted by atomic mass is 10.0. The predicted molar refractivity (Wildman–Crippen MR) is 61.2 cm³/mol. The van der Waals surface area contributed by atoms with E-state index < -0.39 is 15.6 Å². The van der Waals surface area contributed by atoms with Crippen LogP contribution in [0.4, 0.5) is 0 Å². The molecular weight excluding hydrogens is 222 g/mol. The van der Waals surface area contributed by atoms with E-state index in [-0.39, 0.29) is 11.7 Å². The first-order chi connectivity index (χ1) is 6.18. The molecule has 0 unspecified atom stereocenters. The Hall–Kier alpha value is 0.200. The first-order valence-corrected chi connectivity index (χ1v) is 6.95. The fourth-order valence-corrected chi connectivity index (χ4v) is 3.57. The summed E-state index contributed by atoms with van der Waals surface area (Å²) < 4.78 is 25.8. The van der Waals surface area contributed by atoms with Crippen LogP contribution in [0.1, 0.15) is 34.1 Å². The number of hydrogen-bond acceptors (Lipinski definition) is 2. The van der Waals surface area contributed by atoms with Gasteiger partial charge in [0, 0.05) is 11.4 Å². The molecule has 0 aromatic carbocycles. The van der Waals surface area contributed by atoms with Crippen molar-refractivity contribution < 1.29 is 8.42 Å². The third-order valence-corrected chi connectivity index (χ3v) is 3.86. The highest BCUT2D eigenvalue weighted by Gasteiger charge is 2.24. The van der Waals surface area contributed by atoms with Crippen LogP contribution in [-0.4, -0.2) is 25.6 Å². The topological polar surface area (TPSA) is 46.2 Å². The van der Waals surface area contributed by atoms with Gasteiger partial charge in [-0.3, -0.25) is 0 Å². The number of halogens is 1. The minimum absolute atomic E-state index is 0.138. The standard InChI is InChI=1S/C9H20ClNO2S/c1-8(2)7-14(12,13)11-9(3,4)5-6-10/h8,11H,5-7H2,1-4H3. The molecule has 0 radical (unpaired) electrons. The van der Waals surface area contributed by atoms with Gasteiger partial charge in [0.05, 0.1) is 5.75 Å². The Balaban J connectivity index is 4.35. The third kappa shape index (κ3) is 6.62. The summed E-state index contributed by atoms with van der Waals surface area (Å²) in [6.07, 6.45) is 0.631. The number of rotatable bonds is 6. The summed E-state index contributed by atoms with van der Waals surface area (Å²) in [5.41, 5.74) is -0.449. The van der Waals surface area contributed by atoms with Crippen molar-refractivity contribution >= 4 is 21.6 Å². The van der Waals surface area contributed by atoms with E-state index in [1.807, 2.05) is 27.7 Å². The van der Waals surface area contributed by atoms with Crippen LogP contribution in [0.5, 0.6) is 0 Å². The van der Waals surface area contributed by atoms with Gasteiger partial charge in [-0.05, 0) is 26.2 Å². The molecule has 14 heavy (non-hydrogen) atoms. The fourth-order valence-electron chi connectivity index (χ4n) is 1.19. The molecule has 86 valence electrons. The van der Waals surface area contributed by atoms with Crippen LogP contribution >= 0.6 is 11.6 Å². The van der Waals surface area contributed by atoms with Crippen molar-refractivity contribution in [3.8, 4) is 0 Å². The van der Waals surface area contributed by atoms with Crippen LogP contribution < -0.4 is 4.72 Å². The van der Waals surface area contributed by atoms with Crippen molar-refractivity contribution in [2.75, 3.05) is 11.6 Å². The summed E-state index contributed by atoms with van der Waals surface area (Å²) in [6.45, 7) is 7.45. The summed E-state index contributed by atoms with van der Waals surface area (Å²) in [4.78, 5) is 0. The van der Waals surface area contributed by atoms with Crippen molar-refractivity contribution in [3.05, 3.63) is 0 Å². The zero-order valence-electron chi connectivity index (χ0n) is 9.30. The van der Waals surface area contributed by atoms with Gasteiger partial charge in [0.1, 0.15) is 0 Å². The molecule has 0 saturated carbocycles. The fraction of sp³-hybridized carbons (Fsp3) is 1.00. The Labute approximate surface area is 92.3 Å². The summed E-state index contributed by atoms with van der Waals surface area (Å²) in [5, 5.41) is 0. The van der Waals surface area contributed by atoms with Crippen LogP contribution in [0.15, 0.2) is 0 Å². The predicted octanol–water partition coefficient (Wildman–Crippen LogP) is 1.97. The third-order valence-electron chi connectivity index (χ3n) is 1.70. The van der Waals surface area contributed by atoms with Crippen molar-refractivity contribution in [1.82, 2.24) is 4.72 Å². The van der Waals surface area contributed by atoms with Crippen molar-refractivity contribution in [2.45, 2.75) is 39.7 Å². The second kappa shape index (κ2) is 5.33. The molecule has 1 N–H and O–H groups in total. The molecule has 0 amide bonds. The number of sulfonamides is 1. The maximum absolute atomic E-state index is 11.6. The van der Waals surface area contributed by atoms with E-state index >= 15 is 0 Å². The van der Waals surface area contributed by atoms with Crippen LogP contribution in [0, 0.1) is 5.92 Å². The van der Waals surface area contributed by atoms with E-state index in [1.54, 1.807) is 0 Å². The molecule has 0 aromatic rings. The average molecular weight is 242 g/mol. The largest absolute Gasteiger partial charge is 0.212 e. The molecule has 0 rings (SSSR count). The lowest BCUT2D eigenvalue weighted by molar-refractivity contribution is 0.439. The molecule has 0 aliphatic heterocycles. The van der Waals surface area contributed by atoms with Gasteiger partial charge in [0.25, 0.3) is 0 Å². The molecule has 0 fully saturated rings. The Bertz CT molecular complexity index is 260. The molecule has 0 heterocycles. The monoisotopic (exact) mass is 241 g/mol. The van der Waals surface area contributed by atoms with Gasteiger partial charge in [-0.15, -0.1) is 11.6 Å². The number of nitrogens with one attached hydrogen (secondary N) is 1. The molecule has 5 heteroatoms. The Morgan fingerprint density at radius 2 is 1.86 bits per heavy atom. The number of hydrogen-bond donors (Lipinski definition) is 1. The Morgan fingerprint density at radius 3 is 2.21 bits per heavy atom. The van der Waals surface area contributed by atoms with E-state index in [2.05, 4.69) is 4.72 Å². The van der Waals surface area contributed by atoms with Crippen LogP contribution in [-0.2, 0) is 10.0 Å². The van der Waals surface area contributed by atoms with Gasteiger partial charge >= 0.3 is 0 Å². The van der Waals surface area contributed by atoms with Gasteiger partial charge in [0.2, 0.25) is 10.0 Å². The van der Waals surface area contributed by atoms with E-state index in [4.69, 9.17) is 11.6 Å². The average Bonchev–Trinajstić information content (AvgIpc) is 1.78. The highest BCUT2D eigenvalue weighted by molar-refractivity contribution is 7.89. The van der Waals surface area contributed by atoms with Gasteiger partial charge in [-0.25, -0.2) is 13.1 Å². The molecule has 0 saturated heterocycles. The van der Waals surface area contributed by atoms with E-state index in [9.17, 15) is 8.42 Å². The van der Waals surface area contributed by atoms with E-state index in [1.165, 1.54) is 0 Å². The van der Waals surface area contributed by atoms with Crippen LogP contribution in [0.2, 0.25) is 0 Å². The normalized spacial score (nSPS) is 13.6. The molecule has 0 aliphatic carbocycles. The minimum atomic E-state index is -3.17. The van der Waals surface area contributed by atoms with Gasteiger partial charge < -0.3 is 0 Å². The summed E-state index contributed by atoms with van der Waals surface area (Å²) in [6, 6.07) is 0. The lowest BCUT2D eigenvalue weighted by Crippen LogP contribution is -2.45. The summed E-state index contributed by atoms with van der Waals surface area (Å²) >= 11 is 5.59. The second-order valence-electron chi connectivity index (χ2n) is 4.60. The van der Waals surface area contributed by atoms with E-state index in [0.717, 1.165) is 0 Å². The highest BCUT2D eigenvalue weighted by atomic mass is 35.5. The summed E-state index contributed by atoms with van der Waals surface area (Å²) in [5.74, 6) is 0.759. The summed E-state index contributed by atoms with van der Waals surface area (Å²) in [7, 11) is -3.17. The molecule has 0 aromatic heterocycles. The van der Waals surface area contributed by atoms with Crippen molar-refractivity contribution in [2.24, 2.45) is 5.92 Å². The molecule has 0 atom stereocenters. The maximum Gasteiger partial charge on any atom is 0.212 e. The SMILES string of the molecule is CC(C)CS(=O)(=O)NC(C)(C)CCCl. The van der Waals surface area contributed by atoms with Gasteiger partial charge in [-0.2, -0.15) is 0 Å². The molecule has 0 aliphatic rings.